The number of aromatic nitrogens is 6. The lowest BCUT2D eigenvalue weighted by atomic mass is 10.2. The zero-order chi connectivity index (χ0) is 13.2. The zero-order valence-electron chi connectivity index (χ0n) is 10.1. The van der Waals surface area contributed by atoms with Crippen molar-refractivity contribution in [1.82, 2.24) is 29.9 Å². The van der Waals surface area contributed by atoms with Gasteiger partial charge in [0.05, 0.1) is 6.54 Å². The van der Waals surface area contributed by atoms with Gasteiger partial charge in [0.2, 0.25) is 5.89 Å². The second-order valence-corrected chi connectivity index (χ2v) is 4.29. The fourth-order valence-electron chi connectivity index (χ4n) is 1.73. The van der Waals surface area contributed by atoms with E-state index in [1.54, 1.807) is 19.3 Å². The fourth-order valence-corrected chi connectivity index (χ4v) is 1.93. The van der Waals surface area contributed by atoms with Gasteiger partial charge in [-0.05, 0) is 24.4 Å². The van der Waals surface area contributed by atoms with Crippen LogP contribution in [0.3, 0.4) is 0 Å². The van der Waals surface area contributed by atoms with Crippen LogP contribution in [0.15, 0.2) is 29.0 Å². The number of H-pyrrole nitrogens is 1. The molecule has 19 heavy (non-hydrogen) atoms. The van der Waals surface area contributed by atoms with Crippen molar-refractivity contribution in [2.45, 2.75) is 13.5 Å². The van der Waals surface area contributed by atoms with E-state index in [0.717, 1.165) is 11.4 Å². The molecule has 0 aliphatic carbocycles. The molecule has 0 saturated carbocycles. The number of nitrogens with zero attached hydrogens (tertiary/aromatic N) is 5. The van der Waals surface area contributed by atoms with Crippen LogP contribution in [0, 0.1) is 11.7 Å². The Morgan fingerprint density at radius 1 is 1.37 bits per heavy atom. The molecule has 1 N–H and O–H groups in total. The van der Waals surface area contributed by atoms with Crippen LogP contribution in [0.1, 0.15) is 11.7 Å². The highest BCUT2D eigenvalue weighted by Crippen LogP contribution is 2.16. The predicted molar refractivity (Wildman–Crippen MR) is 68.8 cm³/mol. The summed E-state index contributed by atoms with van der Waals surface area (Å²) < 4.78 is 7.27. The number of aromatic amines is 1. The lowest BCUT2D eigenvalue weighted by Gasteiger charge is -2.03. The van der Waals surface area contributed by atoms with Crippen LogP contribution in [0.4, 0.5) is 0 Å². The Hall–Kier alpha value is -2.35. The molecule has 0 fully saturated rings. The molecule has 0 saturated heterocycles. The Labute approximate surface area is 113 Å². The quantitative estimate of drug-likeness (QED) is 0.732. The van der Waals surface area contributed by atoms with E-state index in [4.69, 9.17) is 16.7 Å². The second-order valence-electron chi connectivity index (χ2n) is 3.90. The van der Waals surface area contributed by atoms with E-state index in [0.29, 0.717) is 23.0 Å². The van der Waals surface area contributed by atoms with Gasteiger partial charge in [-0.15, -0.1) is 0 Å². The summed E-state index contributed by atoms with van der Waals surface area (Å²) in [5.41, 5.74) is 0.919. The van der Waals surface area contributed by atoms with Gasteiger partial charge in [-0.1, -0.05) is 5.16 Å². The van der Waals surface area contributed by atoms with Crippen LogP contribution < -0.4 is 0 Å². The van der Waals surface area contributed by atoms with Crippen molar-refractivity contribution in [1.29, 1.82) is 0 Å². The normalized spacial score (nSPS) is 10.8. The number of rotatable bonds is 3. The summed E-state index contributed by atoms with van der Waals surface area (Å²) in [6.45, 7) is 2.15. The molecule has 3 aromatic rings. The Balaban J connectivity index is 2.02. The second kappa shape index (κ2) is 4.73. The summed E-state index contributed by atoms with van der Waals surface area (Å²) in [5, 5.41) is 10.9. The molecule has 0 atom stereocenters. The van der Waals surface area contributed by atoms with Crippen molar-refractivity contribution < 1.29 is 4.52 Å². The standard InChI is InChI=1S/C11H10N6OS/c1-7-13-9(16-18-7)6-17-10(14-15-11(17)19)8-2-4-12-5-3-8/h2-5H,6H2,1H3,(H,15,19). The third kappa shape index (κ3) is 2.29. The molecule has 3 heterocycles. The maximum atomic E-state index is 5.22. The first-order valence-electron chi connectivity index (χ1n) is 5.59. The molecular formula is C11H10N6OS. The van der Waals surface area contributed by atoms with Crippen molar-refractivity contribution in [3.63, 3.8) is 0 Å². The van der Waals surface area contributed by atoms with E-state index in [1.165, 1.54) is 0 Å². The zero-order valence-corrected chi connectivity index (χ0v) is 10.9. The molecule has 3 aromatic heterocycles. The molecule has 8 heteroatoms. The minimum absolute atomic E-state index is 0.407. The van der Waals surface area contributed by atoms with Crippen LogP contribution in [-0.4, -0.2) is 29.9 Å². The minimum atomic E-state index is 0.407. The van der Waals surface area contributed by atoms with Gasteiger partial charge in [0.25, 0.3) is 0 Å². The molecule has 0 spiro atoms. The topological polar surface area (TPSA) is 85.4 Å². The van der Waals surface area contributed by atoms with Gasteiger partial charge in [-0.25, -0.2) is 0 Å². The van der Waals surface area contributed by atoms with Gasteiger partial charge in [0.1, 0.15) is 0 Å². The number of hydrogen-bond acceptors (Lipinski definition) is 6. The van der Waals surface area contributed by atoms with Gasteiger partial charge in [0.15, 0.2) is 16.4 Å². The third-order valence-electron chi connectivity index (χ3n) is 2.57. The first-order valence-corrected chi connectivity index (χ1v) is 5.99. The first-order chi connectivity index (χ1) is 9.24. The molecule has 0 aliphatic rings. The average Bonchev–Trinajstić information content (AvgIpc) is 2.99. The Bertz CT molecular complexity index is 744. The van der Waals surface area contributed by atoms with E-state index in [1.807, 2.05) is 16.7 Å². The summed E-state index contributed by atoms with van der Waals surface area (Å²) in [7, 11) is 0. The maximum absolute atomic E-state index is 5.22. The summed E-state index contributed by atoms with van der Waals surface area (Å²) in [4.78, 5) is 8.14. The smallest absolute Gasteiger partial charge is 0.223 e. The van der Waals surface area contributed by atoms with Crippen LogP contribution >= 0.6 is 12.2 Å². The molecule has 96 valence electrons. The Morgan fingerprint density at radius 2 is 2.16 bits per heavy atom. The highest BCUT2D eigenvalue weighted by Gasteiger charge is 2.11. The number of nitrogens with one attached hydrogen (secondary N) is 1. The van der Waals surface area contributed by atoms with Gasteiger partial charge >= 0.3 is 0 Å². The average molecular weight is 274 g/mol. The first kappa shape index (κ1) is 11.7. The minimum Gasteiger partial charge on any atom is -0.340 e. The van der Waals surface area contributed by atoms with Crippen molar-refractivity contribution in [3.05, 3.63) is 41.0 Å². The molecular weight excluding hydrogens is 264 g/mol. The third-order valence-corrected chi connectivity index (χ3v) is 2.88. The van der Waals surface area contributed by atoms with Crippen LogP contribution in [0.2, 0.25) is 0 Å². The Kier molecular flexibility index (Phi) is 2.92. The molecule has 0 aromatic carbocycles. The molecule has 0 amide bonds. The molecule has 0 bridgehead atoms. The summed E-state index contributed by atoms with van der Waals surface area (Å²) in [6, 6.07) is 3.73. The van der Waals surface area contributed by atoms with E-state index in [9.17, 15) is 0 Å². The van der Waals surface area contributed by atoms with Crippen LogP contribution in [-0.2, 0) is 6.54 Å². The Morgan fingerprint density at radius 3 is 2.84 bits per heavy atom. The monoisotopic (exact) mass is 274 g/mol. The molecule has 7 nitrogen and oxygen atoms in total. The highest BCUT2D eigenvalue weighted by atomic mass is 32.1. The van der Waals surface area contributed by atoms with Gasteiger partial charge in [0, 0.05) is 24.9 Å². The molecule has 0 radical (unpaired) electrons. The van der Waals surface area contributed by atoms with Crippen LogP contribution in [0.25, 0.3) is 11.4 Å². The number of pyridine rings is 1. The summed E-state index contributed by atoms with van der Waals surface area (Å²) in [5.74, 6) is 1.80. The lowest BCUT2D eigenvalue weighted by molar-refractivity contribution is 0.386. The summed E-state index contributed by atoms with van der Waals surface area (Å²) >= 11 is 5.22. The molecule has 3 rings (SSSR count). The lowest BCUT2D eigenvalue weighted by Crippen LogP contribution is -2.04. The summed E-state index contributed by atoms with van der Waals surface area (Å²) in [6.07, 6.45) is 3.41. The fraction of sp³-hybridized carbons (Fsp3) is 0.182. The van der Waals surface area contributed by atoms with Crippen molar-refractivity contribution in [2.75, 3.05) is 0 Å². The SMILES string of the molecule is Cc1nc(Cn2c(-c3ccncc3)n[nH]c2=S)no1. The number of hydrogen-bond donors (Lipinski definition) is 1. The van der Waals surface area contributed by atoms with Gasteiger partial charge in [-0.2, -0.15) is 10.1 Å². The molecule has 0 aliphatic heterocycles. The van der Waals surface area contributed by atoms with Crippen LogP contribution in [0.5, 0.6) is 0 Å². The maximum Gasteiger partial charge on any atom is 0.223 e. The van der Waals surface area contributed by atoms with Crippen molar-refractivity contribution >= 4 is 12.2 Å². The van der Waals surface area contributed by atoms with Gasteiger partial charge in [-0.3, -0.25) is 14.6 Å². The predicted octanol–water partition coefficient (Wildman–Crippen LogP) is 1.74. The van der Waals surface area contributed by atoms with E-state index in [-0.39, 0.29) is 0 Å². The van der Waals surface area contributed by atoms with Gasteiger partial charge < -0.3 is 4.52 Å². The highest BCUT2D eigenvalue weighted by molar-refractivity contribution is 7.71. The number of aryl methyl sites for hydroxylation is 1. The van der Waals surface area contributed by atoms with E-state index >= 15 is 0 Å². The molecule has 0 unspecified atom stereocenters. The van der Waals surface area contributed by atoms with E-state index in [2.05, 4.69) is 25.3 Å². The largest absolute Gasteiger partial charge is 0.340 e. The van der Waals surface area contributed by atoms with E-state index < -0.39 is 0 Å². The van der Waals surface area contributed by atoms with Crippen molar-refractivity contribution in [2.24, 2.45) is 0 Å². The van der Waals surface area contributed by atoms with Crippen molar-refractivity contribution in [3.8, 4) is 11.4 Å².